The van der Waals surface area contributed by atoms with Crippen LogP contribution in [0, 0.1) is 6.92 Å². The summed E-state index contributed by atoms with van der Waals surface area (Å²) in [5, 5.41) is 9.88. The maximum absolute atomic E-state index is 12.6. The molecule has 0 radical (unpaired) electrons. The van der Waals surface area contributed by atoms with Crippen LogP contribution >= 0.6 is 11.8 Å². The highest BCUT2D eigenvalue weighted by Crippen LogP contribution is 2.30. The van der Waals surface area contributed by atoms with Crippen LogP contribution in [-0.4, -0.2) is 38.7 Å². The molecule has 0 unspecified atom stereocenters. The molecule has 5 rings (SSSR count). The van der Waals surface area contributed by atoms with Crippen LogP contribution in [0.5, 0.6) is 0 Å². The van der Waals surface area contributed by atoms with Crippen LogP contribution in [0.25, 0.3) is 17.1 Å². The van der Waals surface area contributed by atoms with Crippen LogP contribution in [-0.2, 0) is 5.75 Å². The summed E-state index contributed by atoms with van der Waals surface area (Å²) in [6.45, 7) is 3.82. The number of carbonyl (C=O) groups excluding carboxylic acids is 1. The minimum absolute atomic E-state index is 0.137. The van der Waals surface area contributed by atoms with E-state index in [1.54, 1.807) is 11.8 Å². The first-order chi connectivity index (χ1) is 16.2. The van der Waals surface area contributed by atoms with Crippen molar-refractivity contribution in [2.45, 2.75) is 30.7 Å². The fraction of sp³-hybridized carbons (Fsp3) is 0.222. The van der Waals surface area contributed by atoms with Crippen LogP contribution in [0.1, 0.15) is 34.3 Å². The molecule has 0 spiro atoms. The predicted molar refractivity (Wildman–Crippen MR) is 133 cm³/mol. The van der Waals surface area contributed by atoms with E-state index in [0.29, 0.717) is 0 Å². The Morgan fingerprint density at radius 3 is 2.27 bits per heavy atom. The zero-order valence-corrected chi connectivity index (χ0v) is 19.5. The highest BCUT2D eigenvalue weighted by atomic mass is 32.2. The quantitative estimate of drug-likeness (QED) is 0.347. The van der Waals surface area contributed by atoms with Gasteiger partial charge in [0.05, 0.1) is 0 Å². The van der Waals surface area contributed by atoms with Crippen molar-refractivity contribution < 1.29 is 4.79 Å². The van der Waals surface area contributed by atoms with E-state index >= 15 is 0 Å². The minimum Gasteiger partial charge on any atom is -0.339 e. The topological polar surface area (TPSA) is 51.0 Å². The molecule has 166 valence electrons. The van der Waals surface area contributed by atoms with Gasteiger partial charge in [-0.25, -0.2) is 0 Å². The van der Waals surface area contributed by atoms with Crippen molar-refractivity contribution >= 4 is 17.7 Å². The molecular weight excluding hydrogens is 428 g/mol. The molecule has 1 aromatic heterocycles. The SMILES string of the molecule is Cc1ccc(-n2c(SCc3ccc(C(=O)N4CCCC4)cc3)nnc2-c2ccccc2)cc1. The van der Waals surface area contributed by atoms with Gasteiger partial charge < -0.3 is 4.90 Å². The Hall–Kier alpha value is -3.38. The average Bonchev–Trinajstić information content (AvgIpc) is 3.54. The molecule has 0 atom stereocenters. The van der Waals surface area contributed by atoms with Crippen molar-refractivity contribution in [3.8, 4) is 17.1 Å². The largest absolute Gasteiger partial charge is 0.339 e. The summed E-state index contributed by atoms with van der Waals surface area (Å²) in [6.07, 6.45) is 2.21. The van der Waals surface area contributed by atoms with E-state index in [9.17, 15) is 4.79 Å². The fourth-order valence-electron chi connectivity index (χ4n) is 4.06. The Balaban J connectivity index is 1.38. The molecule has 0 saturated carbocycles. The first kappa shape index (κ1) is 21.5. The van der Waals surface area contributed by atoms with Gasteiger partial charge in [-0.1, -0.05) is 71.9 Å². The molecule has 0 bridgehead atoms. The van der Waals surface area contributed by atoms with Crippen molar-refractivity contribution in [3.05, 3.63) is 95.6 Å². The molecule has 1 aliphatic heterocycles. The number of benzene rings is 3. The lowest BCUT2D eigenvalue weighted by Gasteiger charge is -2.15. The van der Waals surface area contributed by atoms with Crippen LogP contribution < -0.4 is 0 Å². The number of carbonyl (C=O) groups is 1. The summed E-state index contributed by atoms with van der Waals surface area (Å²) >= 11 is 1.65. The van der Waals surface area contributed by atoms with E-state index in [-0.39, 0.29) is 5.91 Å². The monoisotopic (exact) mass is 454 g/mol. The van der Waals surface area contributed by atoms with Gasteiger partial charge in [-0.05, 0) is 49.6 Å². The predicted octanol–water partition coefficient (Wildman–Crippen LogP) is 5.77. The van der Waals surface area contributed by atoms with Gasteiger partial charge in [0.15, 0.2) is 11.0 Å². The smallest absolute Gasteiger partial charge is 0.253 e. The lowest BCUT2D eigenvalue weighted by atomic mass is 10.1. The van der Waals surface area contributed by atoms with Crippen molar-refractivity contribution in [2.75, 3.05) is 13.1 Å². The van der Waals surface area contributed by atoms with Gasteiger partial charge in [0, 0.05) is 35.7 Å². The first-order valence-electron chi connectivity index (χ1n) is 11.3. The number of thioether (sulfide) groups is 1. The van der Waals surface area contributed by atoms with Crippen LogP contribution in [0.3, 0.4) is 0 Å². The Morgan fingerprint density at radius 2 is 1.58 bits per heavy atom. The first-order valence-corrected chi connectivity index (χ1v) is 12.3. The van der Waals surface area contributed by atoms with Gasteiger partial charge >= 0.3 is 0 Å². The number of hydrogen-bond donors (Lipinski definition) is 0. The molecule has 1 fully saturated rings. The molecule has 5 nitrogen and oxygen atoms in total. The third kappa shape index (κ3) is 4.71. The number of rotatable bonds is 6. The molecule has 1 amide bonds. The van der Waals surface area contributed by atoms with Gasteiger partial charge in [-0.2, -0.15) is 0 Å². The lowest BCUT2D eigenvalue weighted by molar-refractivity contribution is 0.0793. The van der Waals surface area contributed by atoms with Crippen LogP contribution in [0.15, 0.2) is 84.0 Å². The van der Waals surface area contributed by atoms with E-state index in [0.717, 1.165) is 65.0 Å². The number of likely N-dealkylation sites (tertiary alicyclic amines) is 1. The summed E-state index contributed by atoms with van der Waals surface area (Å²) in [4.78, 5) is 14.5. The third-order valence-corrected chi connectivity index (χ3v) is 6.92. The summed E-state index contributed by atoms with van der Waals surface area (Å²) in [5.41, 5.74) is 5.20. The van der Waals surface area contributed by atoms with Gasteiger partial charge in [0.2, 0.25) is 0 Å². The normalized spacial score (nSPS) is 13.4. The van der Waals surface area contributed by atoms with Gasteiger partial charge in [0.1, 0.15) is 0 Å². The van der Waals surface area contributed by atoms with Crippen LogP contribution in [0.2, 0.25) is 0 Å². The molecule has 4 aromatic rings. The van der Waals surface area contributed by atoms with Crippen molar-refractivity contribution in [1.29, 1.82) is 0 Å². The van der Waals surface area contributed by atoms with Crippen molar-refractivity contribution in [1.82, 2.24) is 19.7 Å². The van der Waals surface area contributed by atoms with Crippen molar-refractivity contribution in [2.24, 2.45) is 0 Å². The number of amides is 1. The summed E-state index contributed by atoms with van der Waals surface area (Å²) in [6, 6.07) is 26.5. The molecule has 1 aliphatic rings. The molecular formula is C27H26N4OS. The van der Waals surface area contributed by atoms with Gasteiger partial charge in [-0.15, -0.1) is 10.2 Å². The maximum Gasteiger partial charge on any atom is 0.253 e. The van der Waals surface area contributed by atoms with E-state index < -0.39 is 0 Å². The fourth-order valence-corrected chi connectivity index (χ4v) is 4.97. The summed E-state index contributed by atoms with van der Waals surface area (Å²) in [7, 11) is 0. The van der Waals surface area contributed by atoms with E-state index in [4.69, 9.17) is 0 Å². The summed E-state index contributed by atoms with van der Waals surface area (Å²) < 4.78 is 2.12. The van der Waals surface area contributed by atoms with Crippen LogP contribution in [0.4, 0.5) is 0 Å². The van der Waals surface area contributed by atoms with E-state index in [2.05, 4.69) is 58.1 Å². The zero-order valence-electron chi connectivity index (χ0n) is 18.6. The van der Waals surface area contributed by atoms with E-state index in [1.807, 2.05) is 47.4 Å². The highest BCUT2D eigenvalue weighted by molar-refractivity contribution is 7.98. The minimum atomic E-state index is 0.137. The molecule has 33 heavy (non-hydrogen) atoms. The average molecular weight is 455 g/mol. The van der Waals surface area contributed by atoms with E-state index in [1.165, 1.54) is 5.56 Å². The number of aromatic nitrogens is 3. The second-order valence-corrected chi connectivity index (χ2v) is 9.27. The third-order valence-electron chi connectivity index (χ3n) is 5.92. The number of hydrogen-bond acceptors (Lipinski definition) is 4. The second kappa shape index (κ2) is 9.63. The molecule has 2 heterocycles. The summed E-state index contributed by atoms with van der Waals surface area (Å²) in [5.74, 6) is 1.71. The number of nitrogens with zero attached hydrogens (tertiary/aromatic N) is 4. The van der Waals surface area contributed by atoms with Gasteiger partial charge in [-0.3, -0.25) is 9.36 Å². The Morgan fingerprint density at radius 1 is 0.879 bits per heavy atom. The Labute approximate surface area is 198 Å². The van der Waals surface area contributed by atoms with Gasteiger partial charge in [0.25, 0.3) is 5.91 Å². The van der Waals surface area contributed by atoms with Crippen molar-refractivity contribution in [3.63, 3.8) is 0 Å². The Bertz CT molecular complexity index is 1230. The Kier molecular flexibility index (Phi) is 6.26. The number of aryl methyl sites for hydroxylation is 1. The lowest BCUT2D eigenvalue weighted by Crippen LogP contribution is -2.27. The standard InChI is InChI=1S/C27H26N4OS/c1-20-9-15-24(16-10-20)31-25(22-7-3-2-4-8-22)28-29-27(31)33-19-21-11-13-23(14-12-21)26(32)30-17-5-6-18-30/h2-4,7-16H,5-6,17-19H2,1H3. The molecule has 6 heteroatoms. The molecule has 1 saturated heterocycles. The zero-order chi connectivity index (χ0) is 22.6. The molecule has 0 aliphatic carbocycles. The maximum atomic E-state index is 12.6. The molecule has 0 N–H and O–H groups in total. The highest BCUT2D eigenvalue weighted by Gasteiger charge is 2.19. The molecule has 3 aromatic carbocycles. The second-order valence-electron chi connectivity index (χ2n) is 8.33.